The van der Waals surface area contributed by atoms with Gasteiger partial charge in [-0.25, -0.2) is 9.97 Å². The van der Waals surface area contributed by atoms with Gasteiger partial charge in [0.2, 0.25) is 17.8 Å². The summed E-state index contributed by atoms with van der Waals surface area (Å²) in [5.74, 6) is 0.371. The summed E-state index contributed by atoms with van der Waals surface area (Å²) in [4.78, 5) is 36.7. The van der Waals surface area contributed by atoms with Crippen molar-refractivity contribution in [1.29, 1.82) is 0 Å². The summed E-state index contributed by atoms with van der Waals surface area (Å²) in [6, 6.07) is 1.93. The average Bonchev–Trinajstić information content (AvgIpc) is 3.23. The van der Waals surface area contributed by atoms with E-state index >= 15 is 0 Å². The minimum absolute atomic E-state index is 0.0968. The first-order valence-corrected chi connectivity index (χ1v) is 8.69. The maximum Gasteiger partial charge on any atom is 0.243 e. The van der Waals surface area contributed by atoms with E-state index in [1.165, 1.54) is 0 Å². The average molecular weight is 331 g/mol. The summed E-state index contributed by atoms with van der Waals surface area (Å²) in [6.45, 7) is 5.28. The van der Waals surface area contributed by atoms with Crippen LogP contribution in [0.5, 0.6) is 0 Å². The number of carbonyl (C=O) groups excluding carboxylic acids is 2. The molecule has 2 aliphatic rings. The van der Waals surface area contributed by atoms with Crippen molar-refractivity contribution >= 4 is 17.8 Å². The molecule has 7 heteroatoms. The molecule has 2 aliphatic heterocycles. The molecule has 3 atom stereocenters. The summed E-state index contributed by atoms with van der Waals surface area (Å²) >= 11 is 0. The minimum atomic E-state index is -0.268. The summed E-state index contributed by atoms with van der Waals surface area (Å²) < 4.78 is 0. The van der Waals surface area contributed by atoms with Crippen LogP contribution in [-0.4, -0.2) is 62.8 Å². The predicted molar refractivity (Wildman–Crippen MR) is 90.3 cm³/mol. The second-order valence-electron chi connectivity index (χ2n) is 6.61. The molecule has 2 saturated heterocycles. The lowest BCUT2D eigenvalue weighted by molar-refractivity contribution is -0.131. The topological polar surface area (TPSA) is 78.4 Å². The fraction of sp³-hybridized carbons (Fsp3) is 0.647. The van der Waals surface area contributed by atoms with Crippen LogP contribution in [0.2, 0.25) is 0 Å². The molecular formula is C17H25N5O2. The van der Waals surface area contributed by atoms with Gasteiger partial charge in [0.15, 0.2) is 0 Å². The fourth-order valence-corrected chi connectivity index (χ4v) is 4.02. The van der Waals surface area contributed by atoms with E-state index in [4.69, 9.17) is 0 Å². The number of amides is 2. The predicted octanol–water partition coefficient (Wildman–Crippen LogP) is 1.28. The first-order valence-electron chi connectivity index (χ1n) is 8.69. The van der Waals surface area contributed by atoms with Gasteiger partial charge in [-0.3, -0.25) is 19.8 Å². The molecule has 0 bridgehead atoms. The molecule has 0 aliphatic carbocycles. The van der Waals surface area contributed by atoms with Crippen LogP contribution in [0.15, 0.2) is 18.5 Å². The van der Waals surface area contributed by atoms with Crippen LogP contribution in [0, 0.1) is 0 Å². The number of hydrogen-bond donors (Lipinski definition) is 1. The van der Waals surface area contributed by atoms with Crippen LogP contribution in [-0.2, 0) is 9.59 Å². The Bertz CT molecular complexity index is 594. The molecule has 2 amide bonds. The van der Waals surface area contributed by atoms with Crippen LogP contribution in [0.3, 0.4) is 0 Å². The van der Waals surface area contributed by atoms with Gasteiger partial charge in [-0.05, 0) is 45.2 Å². The van der Waals surface area contributed by atoms with Crippen molar-refractivity contribution in [2.24, 2.45) is 0 Å². The third-order valence-corrected chi connectivity index (χ3v) is 5.17. The highest BCUT2D eigenvalue weighted by atomic mass is 16.2. The van der Waals surface area contributed by atoms with Gasteiger partial charge in [0, 0.05) is 37.9 Å². The lowest BCUT2D eigenvalue weighted by Gasteiger charge is -2.37. The smallest absolute Gasteiger partial charge is 0.243 e. The molecule has 1 aromatic rings. The van der Waals surface area contributed by atoms with Crippen LogP contribution in [0.1, 0.15) is 39.5 Å². The standard InChI is InChI=1S/C17H25N5O2/c1-12(16(24)20-17-18-8-5-9-19-17)21-10-3-6-14(21)15-7-4-11-22(15)13(2)23/h5,8-9,12,14-15H,3-4,6-7,10-11H2,1-2H3,(H,18,19,20,24)/t12-,14-,15-/m1/s1. The molecule has 7 nitrogen and oxygen atoms in total. The van der Waals surface area contributed by atoms with Crippen molar-refractivity contribution in [2.75, 3.05) is 18.4 Å². The number of hydrogen-bond acceptors (Lipinski definition) is 5. The third kappa shape index (κ3) is 3.40. The van der Waals surface area contributed by atoms with E-state index in [-0.39, 0.29) is 29.9 Å². The highest BCUT2D eigenvalue weighted by molar-refractivity contribution is 5.93. The van der Waals surface area contributed by atoms with Crippen LogP contribution >= 0.6 is 0 Å². The van der Waals surface area contributed by atoms with Gasteiger partial charge in [-0.2, -0.15) is 0 Å². The van der Waals surface area contributed by atoms with Crippen molar-refractivity contribution in [1.82, 2.24) is 19.8 Å². The number of carbonyl (C=O) groups is 2. The Kier molecular flexibility index (Phi) is 5.08. The molecule has 0 unspecified atom stereocenters. The molecule has 3 rings (SSSR count). The Balaban J connectivity index is 1.68. The number of nitrogens with one attached hydrogen (secondary N) is 1. The van der Waals surface area contributed by atoms with Gasteiger partial charge >= 0.3 is 0 Å². The molecule has 0 radical (unpaired) electrons. The summed E-state index contributed by atoms with van der Waals surface area (Å²) in [7, 11) is 0. The van der Waals surface area contributed by atoms with Crippen molar-refractivity contribution in [3.8, 4) is 0 Å². The van der Waals surface area contributed by atoms with Crippen molar-refractivity contribution in [2.45, 2.75) is 57.7 Å². The second kappa shape index (κ2) is 7.25. The zero-order chi connectivity index (χ0) is 17.1. The molecule has 0 aromatic carbocycles. The van der Waals surface area contributed by atoms with Crippen molar-refractivity contribution < 1.29 is 9.59 Å². The van der Waals surface area contributed by atoms with Gasteiger partial charge in [0.05, 0.1) is 6.04 Å². The van der Waals surface area contributed by atoms with Crippen LogP contribution in [0.25, 0.3) is 0 Å². The van der Waals surface area contributed by atoms with Crippen LogP contribution < -0.4 is 5.32 Å². The van der Waals surface area contributed by atoms with E-state index in [2.05, 4.69) is 20.2 Å². The molecule has 1 N–H and O–H groups in total. The lowest BCUT2D eigenvalue weighted by atomic mass is 10.0. The van der Waals surface area contributed by atoms with Gasteiger partial charge in [0.1, 0.15) is 0 Å². The Labute approximate surface area is 142 Å². The quantitative estimate of drug-likeness (QED) is 0.899. The second-order valence-corrected chi connectivity index (χ2v) is 6.61. The largest absolute Gasteiger partial charge is 0.338 e. The molecule has 24 heavy (non-hydrogen) atoms. The Morgan fingerprint density at radius 2 is 1.83 bits per heavy atom. The Hall–Kier alpha value is -2.02. The van der Waals surface area contributed by atoms with E-state index in [0.717, 1.165) is 38.8 Å². The molecule has 2 fully saturated rings. The fourth-order valence-electron chi connectivity index (χ4n) is 4.02. The maximum absolute atomic E-state index is 12.6. The van der Waals surface area contributed by atoms with E-state index in [1.807, 2.05) is 11.8 Å². The van der Waals surface area contributed by atoms with E-state index < -0.39 is 0 Å². The molecule has 3 heterocycles. The van der Waals surface area contributed by atoms with Gasteiger partial charge in [-0.1, -0.05) is 0 Å². The molecule has 130 valence electrons. The first kappa shape index (κ1) is 16.8. The highest BCUT2D eigenvalue weighted by Crippen LogP contribution is 2.31. The van der Waals surface area contributed by atoms with Crippen molar-refractivity contribution in [3.63, 3.8) is 0 Å². The summed E-state index contributed by atoms with van der Waals surface area (Å²) in [6.07, 6.45) is 7.38. The monoisotopic (exact) mass is 331 g/mol. The van der Waals surface area contributed by atoms with E-state index in [1.54, 1.807) is 25.4 Å². The summed E-state index contributed by atoms with van der Waals surface area (Å²) in [5, 5.41) is 2.78. The van der Waals surface area contributed by atoms with Gasteiger partial charge in [-0.15, -0.1) is 0 Å². The number of aromatic nitrogens is 2. The number of nitrogens with zero attached hydrogens (tertiary/aromatic N) is 4. The minimum Gasteiger partial charge on any atom is -0.338 e. The number of rotatable bonds is 4. The van der Waals surface area contributed by atoms with Gasteiger partial charge in [0.25, 0.3) is 0 Å². The zero-order valence-electron chi connectivity index (χ0n) is 14.3. The first-order chi connectivity index (χ1) is 11.6. The Morgan fingerprint density at radius 3 is 2.54 bits per heavy atom. The zero-order valence-corrected chi connectivity index (χ0v) is 14.3. The van der Waals surface area contributed by atoms with Crippen molar-refractivity contribution in [3.05, 3.63) is 18.5 Å². The van der Waals surface area contributed by atoms with E-state index in [9.17, 15) is 9.59 Å². The number of likely N-dealkylation sites (tertiary alicyclic amines) is 2. The lowest BCUT2D eigenvalue weighted by Crippen LogP contribution is -2.53. The van der Waals surface area contributed by atoms with Crippen LogP contribution in [0.4, 0.5) is 5.95 Å². The van der Waals surface area contributed by atoms with Gasteiger partial charge < -0.3 is 4.90 Å². The molecule has 0 saturated carbocycles. The molecular weight excluding hydrogens is 306 g/mol. The number of anilines is 1. The maximum atomic E-state index is 12.6. The molecule has 0 spiro atoms. The summed E-state index contributed by atoms with van der Waals surface area (Å²) in [5.41, 5.74) is 0. The normalized spacial score (nSPS) is 25.7. The third-order valence-electron chi connectivity index (χ3n) is 5.17. The Morgan fingerprint density at radius 1 is 1.17 bits per heavy atom. The molecule has 1 aromatic heterocycles. The SMILES string of the molecule is CC(=O)N1CCC[C@@H]1[C@H]1CCCN1[C@H](C)C(=O)Nc1ncccn1. The highest BCUT2D eigenvalue weighted by Gasteiger charge is 2.41. The van der Waals surface area contributed by atoms with E-state index in [0.29, 0.717) is 5.95 Å².